The molecule has 2 heterocycles. The third kappa shape index (κ3) is 3.26. The molecule has 0 bridgehead atoms. The first-order chi connectivity index (χ1) is 12.7. The maximum Gasteiger partial charge on any atom is 0.240 e. The first kappa shape index (κ1) is 16.5. The zero-order valence-electron chi connectivity index (χ0n) is 15.0. The molecule has 5 nitrogen and oxygen atoms in total. The molecule has 2 N–H and O–H groups in total. The van der Waals surface area contributed by atoms with Crippen LogP contribution in [0.25, 0.3) is 22.3 Å². The van der Waals surface area contributed by atoms with E-state index in [1.165, 1.54) is 22.0 Å². The zero-order valence-corrected chi connectivity index (χ0v) is 15.0. The lowest BCUT2D eigenvalue weighted by Gasteiger charge is -2.02. The normalized spacial score (nSPS) is 11.3. The number of hydrogen-bond donors (Lipinski definition) is 2. The van der Waals surface area contributed by atoms with E-state index in [0.717, 1.165) is 24.1 Å². The molecular weight excluding hydrogens is 324 g/mol. The summed E-state index contributed by atoms with van der Waals surface area (Å²) in [7, 11) is 0. The van der Waals surface area contributed by atoms with Gasteiger partial charge in [-0.1, -0.05) is 47.6 Å². The summed E-state index contributed by atoms with van der Waals surface area (Å²) in [4.78, 5) is 7.86. The van der Waals surface area contributed by atoms with Crippen molar-refractivity contribution >= 4 is 10.9 Å². The van der Waals surface area contributed by atoms with E-state index in [4.69, 9.17) is 4.52 Å². The number of fused-ring (bicyclic) bond motifs is 1. The van der Waals surface area contributed by atoms with Crippen molar-refractivity contribution in [1.82, 2.24) is 20.4 Å². The summed E-state index contributed by atoms with van der Waals surface area (Å²) in [5, 5.41) is 8.78. The summed E-state index contributed by atoms with van der Waals surface area (Å²) >= 11 is 0. The fourth-order valence-electron chi connectivity index (χ4n) is 3.25. The Kier molecular flexibility index (Phi) is 4.54. The van der Waals surface area contributed by atoms with Gasteiger partial charge in [0.1, 0.15) is 0 Å². The predicted octanol–water partition coefficient (Wildman–Crippen LogP) is 4.17. The van der Waals surface area contributed by atoms with Gasteiger partial charge in [-0.15, -0.1) is 0 Å². The van der Waals surface area contributed by atoms with E-state index in [0.29, 0.717) is 18.3 Å². The highest BCUT2D eigenvalue weighted by atomic mass is 16.5. The molecule has 0 amide bonds. The first-order valence-electron chi connectivity index (χ1n) is 8.87. The predicted molar refractivity (Wildman–Crippen MR) is 103 cm³/mol. The van der Waals surface area contributed by atoms with Gasteiger partial charge in [-0.2, -0.15) is 4.98 Å². The highest BCUT2D eigenvalue weighted by Gasteiger charge is 2.10. The number of nitrogens with one attached hydrogen (secondary N) is 2. The molecule has 0 spiro atoms. The Balaban J connectivity index is 1.35. The van der Waals surface area contributed by atoms with E-state index in [1.54, 1.807) is 0 Å². The molecular formula is C21H22N4O. The molecule has 4 rings (SSSR count). The van der Waals surface area contributed by atoms with Crippen LogP contribution < -0.4 is 5.32 Å². The second-order valence-electron chi connectivity index (χ2n) is 6.56. The summed E-state index contributed by atoms with van der Waals surface area (Å²) in [6.07, 6.45) is 3.05. The second kappa shape index (κ2) is 7.14. The number of rotatable bonds is 6. The van der Waals surface area contributed by atoms with Crippen molar-refractivity contribution in [3.63, 3.8) is 0 Å². The third-order valence-electron chi connectivity index (χ3n) is 4.71. The standard InChI is InChI=1S/C21H22N4O/c1-14-6-3-4-8-17(14)21-24-19(26-25-21)13-22-11-10-16-12-23-20-15(2)7-5-9-18(16)20/h3-9,12,22-23H,10-11,13H2,1-2H3. The molecule has 0 radical (unpaired) electrons. The van der Waals surface area contributed by atoms with Crippen LogP contribution >= 0.6 is 0 Å². The Labute approximate surface area is 152 Å². The number of aryl methyl sites for hydroxylation is 2. The molecule has 0 aliphatic carbocycles. The number of benzene rings is 2. The van der Waals surface area contributed by atoms with Crippen LogP contribution in [0.2, 0.25) is 0 Å². The van der Waals surface area contributed by atoms with E-state index >= 15 is 0 Å². The minimum absolute atomic E-state index is 0.570. The zero-order chi connectivity index (χ0) is 17.9. The number of hydrogen-bond acceptors (Lipinski definition) is 4. The minimum Gasteiger partial charge on any atom is -0.361 e. The van der Waals surface area contributed by atoms with E-state index < -0.39 is 0 Å². The summed E-state index contributed by atoms with van der Waals surface area (Å²) in [6.45, 7) is 5.60. The van der Waals surface area contributed by atoms with Crippen LogP contribution in [-0.4, -0.2) is 21.7 Å². The Morgan fingerprint density at radius 3 is 2.77 bits per heavy atom. The number of H-pyrrole nitrogens is 1. The van der Waals surface area contributed by atoms with Crippen molar-refractivity contribution in [3.8, 4) is 11.4 Å². The molecule has 0 unspecified atom stereocenters. The van der Waals surface area contributed by atoms with Gasteiger partial charge in [0.25, 0.3) is 0 Å². The van der Waals surface area contributed by atoms with Gasteiger partial charge in [0.05, 0.1) is 6.54 Å². The molecule has 0 aliphatic rings. The van der Waals surface area contributed by atoms with Crippen LogP contribution in [0.1, 0.15) is 22.6 Å². The number of nitrogens with zero attached hydrogens (tertiary/aromatic N) is 2. The van der Waals surface area contributed by atoms with Gasteiger partial charge in [0, 0.05) is 22.7 Å². The topological polar surface area (TPSA) is 66.7 Å². The van der Waals surface area contributed by atoms with E-state index in [-0.39, 0.29) is 0 Å². The smallest absolute Gasteiger partial charge is 0.240 e. The average Bonchev–Trinajstić information content (AvgIpc) is 3.27. The number of aromatic nitrogens is 3. The SMILES string of the molecule is Cc1ccccc1-c1noc(CNCCc2c[nH]c3c(C)cccc23)n1. The van der Waals surface area contributed by atoms with Gasteiger partial charge in [-0.25, -0.2) is 0 Å². The fourth-order valence-corrected chi connectivity index (χ4v) is 3.25. The van der Waals surface area contributed by atoms with Gasteiger partial charge < -0.3 is 14.8 Å². The maximum atomic E-state index is 5.37. The number of para-hydroxylation sites is 1. The number of aromatic amines is 1. The third-order valence-corrected chi connectivity index (χ3v) is 4.71. The van der Waals surface area contributed by atoms with Crippen molar-refractivity contribution in [2.75, 3.05) is 6.54 Å². The van der Waals surface area contributed by atoms with Crippen LogP contribution in [0.5, 0.6) is 0 Å². The molecule has 0 atom stereocenters. The van der Waals surface area contributed by atoms with Crippen molar-refractivity contribution in [3.05, 3.63) is 71.2 Å². The molecule has 5 heteroatoms. The second-order valence-corrected chi connectivity index (χ2v) is 6.56. The van der Waals surface area contributed by atoms with Crippen LogP contribution in [0.3, 0.4) is 0 Å². The average molecular weight is 346 g/mol. The lowest BCUT2D eigenvalue weighted by molar-refractivity contribution is 0.368. The lowest BCUT2D eigenvalue weighted by atomic mass is 10.1. The minimum atomic E-state index is 0.570. The quantitative estimate of drug-likeness (QED) is 0.514. The van der Waals surface area contributed by atoms with Gasteiger partial charge in [-0.3, -0.25) is 0 Å². The molecule has 2 aromatic carbocycles. The highest BCUT2D eigenvalue weighted by molar-refractivity contribution is 5.85. The van der Waals surface area contributed by atoms with Crippen LogP contribution in [0.15, 0.2) is 53.2 Å². The van der Waals surface area contributed by atoms with E-state index in [9.17, 15) is 0 Å². The Bertz CT molecular complexity index is 1030. The molecule has 26 heavy (non-hydrogen) atoms. The molecule has 0 saturated heterocycles. The first-order valence-corrected chi connectivity index (χ1v) is 8.87. The summed E-state index contributed by atoms with van der Waals surface area (Å²) < 4.78 is 5.37. The monoisotopic (exact) mass is 346 g/mol. The van der Waals surface area contributed by atoms with E-state index in [1.807, 2.05) is 31.2 Å². The Morgan fingerprint density at radius 1 is 1.04 bits per heavy atom. The molecule has 132 valence electrons. The van der Waals surface area contributed by atoms with Crippen molar-refractivity contribution in [1.29, 1.82) is 0 Å². The Morgan fingerprint density at radius 2 is 1.88 bits per heavy atom. The molecule has 4 aromatic rings. The van der Waals surface area contributed by atoms with Gasteiger partial charge in [0.2, 0.25) is 11.7 Å². The van der Waals surface area contributed by atoms with Gasteiger partial charge in [0.15, 0.2) is 0 Å². The lowest BCUT2D eigenvalue weighted by Crippen LogP contribution is -2.16. The largest absolute Gasteiger partial charge is 0.361 e. The highest BCUT2D eigenvalue weighted by Crippen LogP contribution is 2.22. The summed E-state index contributed by atoms with van der Waals surface area (Å²) in [6, 6.07) is 14.5. The van der Waals surface area contributed by atoms with Crippen molar-refractivity contribution in [2.45, 2.75) is 26.8 Å². The molecule has 0 saturated carbocycles. The summed E-state index contributed by atoms with van der Waals surface area (Å²) in [5.74, 6) is 1.25. The fraction of sp³-hybridized carbons (Fsp3) is 0.238. The summed E-state index contributed by atoms with van der Waals surface area (Å²) in [5.41, 5.74) is 5.97. The van der Waals surface area contributed by atoms with E-state index in [2.05, 4.69) is 51.8 Å². The van der Waals surface area contributed by atoms with Gasteiger partial charge >= 0.3 is 0 Å². The van der Waals surface area contributed by atoms with Crippen LogP contribution in [0.4, 0.5) is 0 Å². The maximum absolute atomic E-state index is 5.37. The van der Waals surface area contributed by atoms with Crippen LogP contribution in [0, 0.1) is 13.8 Å². The van der Waals surface area contributed by atoms with Crippen molar-refractivity contribution < 1.29 is 4.52 Å². The molecule has 2 aromatic heterocycles. The Hall–Kier alpha value is -2.92. The van der Waals surface area contributed by atoms with Crippen molar-refractivity contribution in [2.24, 2.45) is 0 Å². The molecule has 0 aliphatic heterocycles. The van der Waals surface area contributed by atoms with Gasteiger partial charge in [-0.05, 0) is 43.5 Å². The molecule has 0 fully saturated rings. The van der Waals surface area contributed by atoms with Crippen LogP contribution in [-0.2, 0) is 13.0 Å².